The molecule has 0 atom stereocenters. The number of thiazole rings is 1. The Balaban J connectivity index is 1.35. The van der Waals surface area contributed by atoms with Crippen LogP contribution in [-0.2, 0) is 4.79 Å². The highest BCUT2D eigenvalue weighted by molar-refractivity contribution is 7.99. The van der Waals surface area contributed by atoms with Crippen LogP contribution in [0.4, 0.5) is 5.13 Å². The fourth-order valence-electron chi connectivity index (χ4n) is 3.51. The zero-order chi connectivity index (χ0) is 24.9. The van der Waals surface area contributed by atoms with Crippen molar-refractivity contribution in [2.24, 2.45) is 0 Å². The molecule has 0 saturated heterocycles. The lowest BCUT2D eigenvalue weighted by molar-refractivity contribution is -0.113. The van der Waals surface area contributed by atoms with Gasteiger partial charge in [0.25, 0.3) is 0 Å². The van der Waals surface area contributed by atoms with Gasteiger partial charge in [-0.25, -0.2) is 4.98 Å². The Morgan fingerprint density at radius 2 is 1.94 bits per heavy atom. The van der Waals surface area contributed by atoms with Crippen molar-refractivity contribution in [3.63, 3.8) is 0 Å². The number of hydrogen-bond acceptors (Lipinski definition) is 9. The van der Waals surface area contributed by atoms with Crippen LogP contribution in [0.25, 0.3) is 27.3 Å². The van der Waals surface area contributed by atoms with E-state index in [1.165, 1.54) is 23.1 Å². The van der Waals surface area contributed by atoms with Gasteiger partial charge >= 0.3 is 0 Å². The third-order valence-corrected chi connectivity index (χ3v) is 7.00. The summed E-state index contributed by atoms with van der Waals surface area (Å²) in [6.45, 7) is 2.53. The minimum atomic E-state index is -0.184. The highest BCUT2D eigenvalue weighted by Crippen LogP contribution is 2.31. The molecular weight excluding hydrogens is 496 g/mol. The Morgan fingerprint density at radius 3 is 2.69 bits per heavy atom. The van der Waals surface area contributed by atoms with E-state index in [-0.39, 0.29) is 11.7 Å². The number of benzene rings is 2. The first-order valence-electron chi connectivity index (χ1n) is 11.1. The van der Waals surface area contributed by atoms with E-state index < -0.39 is 0 Å². The highest BCUT2D eigenvalue weighted by Gasteiger charge is 2.18. The Bertz CT molecular complexity index is 1490. The SMILES string of the molecule is CCOc1ccc2nc(NC(=O)CSc3nnc(-c4cccnc4)n3-c3ccc(OC)cc3)sc2c1. The molecule has 1 N–H and O–H groups in total. The second-order valence-electron chi connectivity index (χ2n) is 7.50. The average Bonchev–Trinajstić information content (AvgIpc) is 3.51. The number of nitrogens with zero attached hydrogens (tertiary/aromatic N) is 5. The van der Waals surface area contributed by atoms with Crippen molar-refractivity contribution in [3.05, 3.63) is 67.0 Å². The van der Waals surface area contributed by atoms with Crippen LogP contribution >= 0.6 is 23.1 Å². The van der Waals surface area contributed by atoms with E-state index in [2.05, 4.69) is 25.5 Å². The van der Waals surface area contributed by atoms with E-state index >= 15 is 0 Å². The Morgan fingerprint density at radius 1 is 1.11 bits per heavy atom. The molecule has 0 unspecified atom stereocenters. The van der Waals surface area contributed by atoms with Crippen LogP contribution in [0.3, 0.4) is 0 Å². The molecule has 36 heavy (non-hydrogen) atoms. The van der Waals surface area contributed by atoms with Crippen molar-refractivity contribution in [3.8, 4) is 28.6 Å². The van der Waals surface area contributed by atoms with Gasteiger partial charge < -0.3 is 14.8 Å². The number of nitrogens with one attached hydrogen (secondary N) is 1. The summed E-state index contributed by atoms with van der Waals surface area (Å²) in [4.78, 5) is 21.5. The normalized spacial score (nSPS) is 10.9. The first kappa shape index (κ1) is 23.8. The van der Waals surface area contributed by atoms with Gasteiger partial charge in [-0.15, -0.1) is 10.2 Å². The van der Waals surface area contributed by atoms with Crippen molar-refractivity contribution in [1.29, 1.82) is 0 Å². The van der Waals surface area contributed by atoms with Crippen molar-refractivity contribution in [2.75, 3.05) is 24.8 Å². The molecule has 0 saturated carbocycles. The molecule has 0 aliphatic rings. The summed E-state index contributed by atoms with van der Waals surface area (Å²) in [6, 6.07) is 17.0. The number of carbonyl (C=O) groups excluding carboxylic acids is 1. The molecule has 11 heteroatoms. The highest BCUT2D eigenvalue weighted by atomic mass is 32.2. The molecule has 0 aliphatic carbocycles. The smallest absolute Gasteiger partial charge is 0.236 e. The zero-order valence-electron chi connectivity index (χ0n) is 19.5. The number of fused-ring (bicyclic) bond motifs is 1. The minimum absolute atomic E-state index is 0.140. The molecule has 5 aromatic rings. The summed E-state index contributed by atoms with van der Waals surface area (Å²) < 4.78 is 13.7. The molecule has 9 nitrogen and oxygen atoms in total. The van der Waals surface area contributed by atoms with Crippen molar-refractivity contribution >= 4 is 44.4 Å². The van der Waals surface area contributed by atoms with Gasteiger partial charge in [0.2, 0.25) is 5.91 Å². The van der Waals surface area contributed by atoms with Crippen LogP contribution in [0.1, 0.15) is 6.92 Å². The standard InChI is InChI=1S/C25H22N6O3S2/c1-3-34-19-10-11-20-21(13-19)36-24(27-20)28-22(32)15-35-25-30-29-23(16-5-4-12-26-14-16)31(25)17-6-8-18(33-2)9-7-17/h4-14H,3,15H2,1-2H3,(H,27,28,32). The number of pyridine rings is 1. The fraction of sp³-hybridized carbons (Fsp3) is 0.160. The summed E-state index contributed by atoms with van der Waals surface area (Å²) in [5.74, 6) is 2.11. The van der Waals surface area contributed by atoms with Crippen molar-refractivity contribution in [2.45, 2.75) is 12.1 Å². The summed E-state index contributed by atoms with van der Waals surface area (Å²) in [5.41, 5.74) is 2.48. The second-order valence-corrected chi connectivity index (χ2v) is 9.47. The van der Waals surface area contributed by atoms with E-state index in [0.29, 0.717) is 22.7 Å². The second kappa shape index (κ2) is 10.8. The molecule has 3 aromatic heterocycles. The van der Waals surface area contributed by atoms with Gasteiger partial charge in [0.15, 0.2) is 16.1 Å². The lowest BCUT2D eigenvalue weighted by Gasteiger charge is -2.11. The van der Waals surface area contributed by atoms with Gasteiger partial charge in [-0.3, -0.25) is 14.3 Å². The average molecular weight is 519 g/mol. The van der Waals surface area contributed by atoms with Crippen LogP contribution in [0.15, 0.2) is 72.1 Å². The fourth-order valence-corrected chi connectivity index (χ4v) is 5.17. The van der Waals surface area contributed by atoms with Crippen LogP contribution in [0.2, 0.25) is 0 Å². The van der Waals surface area contributed by atoms with Gasteiger partial charge in [0, 0.05) is 23.6 Å². The third-order valence-electron chi connectivity index (χ3n) is 5.13. The molecule has 0 spiro atoms. The number of rotatable bonds is 9. The quantitative estimate of drug-likeness (QED) is 0.270. The van der Waals surface area contributed by atoms with E-state index in [4.69, 9.17) is 9.47 Å². The number of methoxy groups -OCH3 is 1. The number of anilines is 1. The first-order valence-corrected chi connectivity index (χ1v) is 12.9. The monoisotopic (exact) mass is 518 g/mol. The van der Waals surface area contributed by atoms with Crippen LogP contribution < -0.4 is 14.8 Å². The molecule has 5 rings (SSSR count). The topological polar surface area (TPSA) is 104 Å². The maximum absolute atomic E-state index is 12.8. The largest absolute Gasteiger partial charge is 0.497 e. The van der Waals surface area contributed by atoms with Gasteiger partial charge in [0.1, 0.15) is 11.5 Å². The summed E-state index contributed by atoms with van der Waals surface area (Å²) in [7, 11) is 1.62. The summed E-state index contributed by atoms with van der Waals surface area (Å²) in [5, 5.41) is 12.8. The number of hydrogen-bond donors (Lipinski definition) is 1. The van der Waals surface area contributed by atoms with Gasteiger partial charge in [-0.05, 0) is 61.5 Å². The number of carbonyl (C=O) groups is 1. The van der Waals surface area contributed by atoms with Crippen molar-refractivity contribution < 1.29 is 14.3 Å². The minimum Gasteiger partial charge on any atom is -0.497 e. The lowest BCUT2D eigenvalue weighted by Crippen LogP contribution is -2.14. The molecule has 1 amide bonds. The zero-order valence-corrected chi connectivity index (χ0v) is 21.2. The molecule has 182 valence electrons. The van der Waals surface area contributed by atoms with Crippen molar-refractivity contribution in [1.82, 2.24) is 24.7 Å². The molecule has 3 heterocycles. The molecule has 0 radical (unpaired) electrons. The predicted octanol–water partition coefficient (Wildman–Crippen LogP) is 5.08. The molecule has 0 fully saturated rings. The maximum atomic E-state index is 12.8. The number of ether oxygens (including phenoxy) is 2. The predicted molar refractivity (Wildman–Crippen MR) is 141 cm³/mol. The van der Waals surface area contributed by atoms with Gasteiger partial charge in [0.05, 0.1) is 29.7 Å². The number of thioether (sulfide) groups is 1. The summed E-state index contributed by atoms with van der Waals surface area (Å²) >= 11 is 2.70. The maximum Gasteiger partial charge on any atom is 0.236 e. The first-order chi connectivity index (χ1) is 17.6. The molecule has 2 aromatic carbocycles. The van der Waals surface area contributed by atoms with Crippen LogP contribution in [-0.4, -0.2) is 50.1 Å². The van der Waals surface area contributed by atoms with Gasteiger partial charge in [-0.1, -0.05) is 23.1 Å². The van der Waals surface area contributed by atoms with Crippen LogP contribution in [0.5, 0.6) is 11.5 Å². The van der Waals surface area contributed by atoms with E-state index in [1.807, 2.05) is 66.1 Å². The number of aromatic nitrogens is 5. The third kappa shape index (κ3) is 5.16. The molecule has 0 bridgehead atoms. The lowest BCUT2D eigenvalue weighted by atomic mass is 10.2. The molecular formula is C25H22N6O3S2. The van der Waals surface area contributed by atoms with E-state index in [9.17, 15) is 4.79 Å². The Labute approximate surface area is 215 Å². The Kier molecular flexibility index (Phi) is 7.10. The van der Waals surface area contributed by atoms with Crippen LogP contribution in [0, 0.1) is 0 Å². The Hall–Kier alpha value is -3.96. The van der Waals surface area contributed by atoms with Gasteiger partial charge in [-0.2, -0.15) is 0 Å². The molecule has 0 aliphatic heterocycles. The van der Waals surface area contributed by atoms with E-state index in [1.54, 1.807) is 19.5 Å². The summed E-state index contributed by atoms with van der Waals surface area (Å²) in [6.07, 6.45) is 3.44. The number of amides is 1. The van der Waals surface area contributed by atoms with E-state index in [0.717, 1.165) is 33.0 Å².